The van der Waals surface area contributed by atoms with Gasteiger partial charge in [-0.3, -0.25) is 4.68 Å². The van der Waals surface area contributed by atoms with Crippen molar-refractivity contribution in [2.24, 2.45) is 7.05 Å². The number of hydrogen-bond donors (Lipinski definition) is 1. The predicted octanol–water partition coefficient (Wildman–Crippen LogP) is 1.43. The van der Waals surface area contributed by atoms with Gasteiger partial charge in [0.15, 0.2) is 5.58 Å². The Labute approximate surface area is 121 Å². The summed E-state index contributed by atoms with van der Waals surface area (Å²) in [5.74, 6) is -0.216. The molecular formula is C13H14N4O3S. The minimum absolute atomic E-state index is 0.216. The molecule has 0 amide bonds. The summed E-state index contributed by atoms with van der Waals surface area (Å²) in [7, 11) is -1.98. The van der Waals surface area contributed by atoms with Gasteiger partial charge in [-0.25, -0.2) is 8.42 Å². The Morgan fingerprint density at radius 2 is 2.10 bits per heavy atom. The van der Waals surface area contributed by atoms with Crippen LogP contribution >= 0.6 is 0 Å². The minimum Gasteiger partial charge on any atom is -0.428 e. The molecule has 2 aromatic heterocycles. The van der Waals surface area contributed by atoms with Crippen LogP contribution in [-0.2, 0) is 22.6 Å². The fraction of sp³-hybridized carbons (Fsp3) is 0.231. The van der Waals surface area contributed by atoms with Crippen molar-refractivity contribution < 1.29 is 12.8 Å². The van der Waals surface area contributed by atoms with Crippen LogP contribution in [0.2, 0.25) is 0 Å². The second-order valence-electron chi connectivity index (χ2n) is 4.87. The van der Waals surface area contributed by atoms with Crippen molar-refractivity contribution in [2.45, 2.75) is 17.9 Å². The lowest BCUT2D eigenvalue weighted by atomic mass is 10.3. The molecule has 0 atom stereocenters. The van der Waals surface area contributed by atoms with Crippen molar-refractivity contribution in [1.29, 1.82) is 0 Å². The van der Waals surface area contributed by atoms with Crippen molar-refractivity contribution in [3.05, 3.63) is 35.7 Å². The van der Waals surface area contributed by atoms with Crippen molar-refractivity contribution >= 4 is 26.6 Å². The first-order valence-corrected chi connectivity index (χ1v) is 7.89. The first-order chi connectivity index (χ1) is 9.85. The topological polar surface area (TPSA) is 104 Å². The molecule has 21 heavy (non-hydrogen) atoms. The van der Waals surface area contributed by atoms with E-state index in [1.54, 1.807) is 38.2 Å². The van der Waals surface area contributed by atoms with Crippen molar-refractivity contribution in [3.8, 4) is 0 Å². The number of aromatic nitrogens is 3. The smallest absolute Gasteiger partial charge is 0.316 e. The monoisotopic (exact) mass is 306 g/mol. The van der Waals surface area contributed by atoms with Gasteiger partial charge >= 0.3 is 5.22 Å². The van der Waals surface area contributed by atoms with E-state index in [0.717, 1.165) is 5.69 Å². The van der Waals surface area contributed by atoms with E-state index in [-0.39, 0.29) is 11.0 Å². The van der Waals surface area contributed by atoms with Crippen molar-refractivity contribution in [3.63, 3.8) is 0 Å². The molecule has 0 radical (unpaired) electrons. The largest absolute Gasteiger partial charge is 0.428 e. The molecule has 3 aromatic rings. The standard InChI is InChI=1S/C13H14N4O3S/c1-8-5-10(17(2)16-8)7-21(18,19)13-15-11-6-9(14)3-4-12(11)20-13/h3-6H,7,14H2,1-2H3. The molecule has 0 aliphatic rings. The normalized spacial score (nSPS) is 12.1. The summed E-state index contributed by atoms with van der Waals surface area (Å²) < 4.78 is 31.6. The van der Waals surface area contributed by atoms with Gasteiger partial charge in [0.05, 0.1) is 11.4 Å². The lowest BCUT2D eigenvalue weighted by Crippen LogP contribution is -2.09. The highest BCUT2D eigenvalue weighted by Gasteiger charge is 2.24. The summed E-state index contributed by atoms with van der Waals surface area (Å²) in [6, 6.07) is 6.53. The Balaban J connectivity index is 2.01. The van der Waals surface area contributed by atoms with Crippen LogP contribution < -0.4 is 5.73 Å². The number of hydrogen-bond acceptors (Lipinski definition) is 6. The van der Waals surface area contributed by atoms with Crippen LogP contribution in [0.4, 0.5) is 5.69 Å². The van der Waals surface area contributed by atoms with Crippen LogP contribution in [0.3, 0.4) is 0 Å². The molecule has 0 fully saturated rings. The van der Waals surface area contributed by atoms with Crippen LogP contribution in [-0.4, -0.2) is 23.2 Å². The third-order valence-electron chi connectivity index (χ3n) is 3.09. The second kappa shape index (κ2) is 4.59. The molecule has 0 bridgehead atoms. The minimum atomic E-state index is -3.68. The summed E-state index contributed by atoms with van der Waals surface area (Å²) in [6.45, 7) is 1.80. The van der Waals surface area contributed by atoms with Crippen molar-refractivity contribution in [2.75, 3.05) is 5.73 Å². The summed E-state index contributed by atoms with van der Waals surface area (Å²) in [6.07, 6.45) is 0. The van der Waals surface area contributed by atoms with E-state index in [1.165, 1.54) is 4.68 Å². The van der Waals surface area contributed by atoms with Crippen LogP contribution in [0.5, 0.6) is 0 Å². The fourth-order valence-electron chi connectivity index (χ4n) is 2.11. The molecule has 0 saturated heterocycles. The molecule has 8 heteroatoms. The zero-order valence-corrected chi connectivity index (χ0v) is 12.4. The molecule has 7 nitrogen and oxygen atoms in total. The quantitative estimate of drug-likeness (QED) is 0.734. The van der Waals surface area contributed by atoms with E-state index >= 15 is 0 Å². The van der Waals surface area contributed by atoms with E-state index in [9.17, 15) is 8.42 Å². The molecule has 2 heterocycles. The zero-order chi connectivity index (χ0) is 15.2. The molecule has 0 aliphatic heterocycles. The number of fused-ring (bicyclic) bond motifs is 1. The van der Waals surface area contributed by atoms with Gasteiger partial charge in [0.2, 0.25) is 9.84 Å². The molecule has 0 aliphatic carbocycles. The molecular weight excluding hydrogens is 292 g/mol. The van der Waals surface area contributed by atoms with Gasteiger partial charge in [-0.2, -0.15) is 10.1 Å². The van der Waals surface area contributed by atoms with E-state index in [2.05, 4.69) is 10.1 Å². The Morgan fingerprint density at radius 3 is 2.76 bits per heavy atom. The highest BCUT2D eigenvalue weighted by atomic mass is 32.2. The Morgan fingerprint density at radius 1 is 1.33 bits per heavy atom. The summed E-state index contributed by atoms with van der Waals surface area (Å²) in [5, 5.41) is 3.82. The maximum atomic E-state index is 12.4. The maximum absolute atomic E-state index is 12.4. The average Bonchev–Trinajstić information content (AvgIpc) is 2.93. The second-order valence-corrected chi connectivity index (χ2v) is 6.73. The zero-order valence-electron chi connectivity index (χ0n) is 11.6. The van der Waals surface area contributed by atoms with Crippen LogP contribution in [0.25, 0.3) is 11.1 Å². The number of sulfone groups is 1. The molecule has 0 unspecified atom stereocenters. The van der Waals surface area contributed by atoms with Gasteiger partial charge in [0.1, 0.15) is 11.3 Å². The van der Waals surface area contributed by atoms with E-state index in [4.69, 9.17) is 10.2 Å². The van der Waals surface area contributed by atoms with E-state index in [1.807, 2.05) is 0 Å². The number of oxazole rings is 1. The number of nitrogens with two attached hydrogens (primary N) is 1. The number of anilines is 1. The van der Waals surface area contributed by atoms with Crippen LogP contribution in [0.15, 0.2) is 33.9 Å². The van der Waals surface area contributed by atoms with Gasteiger partial charge in [0, 0.05) is 12.7 Å². The molecule has 2 N–H and O–H groups in total. The van der Waals surface area contributed by atoms with E-state index in [0.29, 0.717) is 22.5 Å². The highest BCUT2D eigenvalue weighted by molar-refractivity contribution is 7.90. The number of benzene rings is 1. The third kappa shape index (κ3) is 2.49. The lowest BCUT2D eigenvalue weighted by Gasteiger charge is -2.00. The summed E-state index contributed by atoms with van der Waals surface area (Å²) in [5.41, 5.74) is 8.30. The van der Waals surface area contributed by atoms with E-state index < -0.39 is 9.84 Å². The Bertz CT molecular complexity index is 924. The Hall–Kier alpha value is -2.35. The van der Waals surface area contributed by atoms with Gasteiger partial charge in [-0.15, -0.1) is 0 Å². The van der Waals surface area contributed by atoms with Gasteiger partial charge < -0.3 is 10.2 Å². The highest BCUT2D eigenvalue weighted by Crippen LogP contribution is 2.23. The first-order valence-electron chi connectivity index (χ1n) is 6.23. The number of aryl methyl sites for hydroxylation is 2. The summed E-state index contributed by atoms with van der Waals surface area (Å²) in [4.78, 5) is 4.01. The van der Waals surface area contributed by atoms with Crippen LogP contribution in [0, 0.1) is 6.92 Å². The fourth-order valence-corrected chi connectivity index (χ4v) is 3.35. The SMILES string of the molecule is Cc1cc(CS(=O)(=O)c2nc3cc(N)ccc3o2)n(C)n1. The van der Waals surface area contributed by atoms with Gasteiger partial charge in [0.25, 0.3) is 0 Å². The number of nitrogens with zero attached hydrogens (tertiary/aromatic N) is 3. The van der Waals surface area contributed by atoms with Gasteiger partial charge in [-0.05, 0) is 31.2 Å². The number of rotatable bonds is 3. The first kappa shape index (κ1) is 13.6. The molecule has 3 rings (SSSR count). The van der Waals surface area contributed by atoms with Gasteiger partial charge in [-0.1, -0.05) is 0 Å². The van der Waals surface area contributed by atoms with Crippen LogP contribution in [0.1, 0.15) is 11.4 Å². The maximum Gasteiger partial charge on any atom is 0.316 e. The molecule has 0 saturated carbocycles. The summed E-state index contributed by atoms with van der Waals surface area (Å²) >= 11 is 0. The predicted molar refractivity (Wildman–Crippen MR) is 77.3 cm³/mol. The molecule has 0 spiro atoms. The third-order valence-corrected chi connectivity index (χ3v) is 4.48. The number of nitrogen functional groups attached to an aromatic ring is 1. The average molecular weight is 306 g/mol. The molecule has 110 valence electrons. The lowest BCUT2D eigenvalue weighted by molar-refractivity contribution is 0.457. The van der Waals surface area contributed by atoms with Crippen molar-refractivity contribution in [1.82, 2.24) is 14.8 Å². The molecule has 1 aromatic carbocycles. The Kier molecular flexibility index (Phi) is 2.98.